The fraction of sp³-hybridized carbons (Fsp3) is 0.143. The molecule has 1 aromatic carbocycles. The molecule has 1 aromatic rings. The highest BCUT2D eigenvalue weighted by atomic mass is 19.2. The molecule has 0 unspecified atom stereocenters. The lowest BCUT2D eigenvalue weighted by Crippen LogP contribution is -1.94. The summed E-state index contributed by atoms with van der Waals surface area (Å²) in [5.74, 6) is -3.52. The monoisotopic (exact) mass is 161 g/mol. The smallest absolute Gasteiger partial charge is 0.164 e. The van der Waals surface area contributed by atoms with Crippen molar-refractivity contribution < 1.29 is 18.3 Å². The minimum absolute atomic E-state index is 0.397. The van der Waals surface area contributed by atoms with Crippen molar-refractivity contribution in [3.05, 3.63) is 35.1 Å². The average molecular weight is 161 g/mol. The molecule has 0 saturated carbocycles. The van der Waals surface area contributed by atoms with Gasteiger partial charge in [0.2, 0.25) is 0 Å². The number of rotatable bonds is 1. The number of halogens is 3. The van der Waals surface area contributed by atoms with Crippen LogP contribution in [0.15, 0.2) is 12.1 Å². The highest BCUT2D eigenvalue weighted by Gasteiger charge is 2.09. The maximum absolute atomic E-state index is 12.4. The van der Waals surface area contributed by atoms with Crippen molar-refractivity contribution in [2.45, 2.75) is 6.61 Å². The Morgan fingerprint density at radius 3 is 2.36 bits per heavy atom. The molecule has 0 bridgehead atoms. The minimum atomic E-state index is -1.32. The molecular formula is C7H4F3O. The summed E-state index contributed by atoms with van der Waals surface area (Å²) < 4.78 is 37.0. The lowest BCUT2D eigenvalue weighted by molar-refractivity contribution is 0.172. The molecule has 0 atom stereocenters. The van der Waals surface area contributed by atoms with E-state index in [0.717, 1.165) is 0 Å². The van der Waals surface area contributed by atoms with E-state index in [4.69, 9.17) is 0 Å². The number of hydrogen-bond donors (Lipinski definition) is 0. The fourth-order valence-corrected chi connectivity index (χ4v) is 0.714. The van der Waals surface area contributed by atoms with Gasteiger partial charge in [0, 0.05) is 11.6 Å². The lowest BCUT2D eigenvalue weighted by atomic mass is 10.2. The van der Waals surface area contributed by atoms with Gasteiger partial charge in [-0.25, -0.2) is 18.3 Å². The van der Waals surface area contributed by atoms with Crippen molar-refractivity contribution in [3.8, 4) is 0 Å². The van der Waals surface area contributed by atoms with E-state index in [2.05, 4.69) is 0 Å². The van der Waals surface area contributed by atoms with Gasteiger partial charge in [-0.3, -0.25) is 0 Å². The van der Waals surface area contributed by atoms with Gasteiger partial charge in [0.25, 0.3) is 0 Å². The average Bonchev–Trinajstić information content (AvgIpc) is 1.96. The standard InChI is InChI=1S/C7H4F3O/c8-5-1-4(3-11)7(10)6(9)2-5/h1-2H,3H2. The normalized spacial score (nSPS) is 10.2. The molecule has 0 aliphatic rings. The number of benzene rings is 1. The summed E-state index contributed by atoms with van der Waals surface area (Å²) in [4.78, 5) is 0. The molecule has 0 saturated heterocycles. The van der Waals surface area contributed by atoms with Crippen LogP contribution >= 0.6 is 0 Å². The van der Waals surface area contributed by atoms with Crippen LogP contribution < -0.4 is 0 Å². The maximum atomic E-state index is 12.4. The molecule has 0 spiro atoms. The Balaban J connectivity index is 3.24. The fourth-order valence-electron chi connectivity index (χ4n) is 0.714. The second kappa shape index (κ2) is 2.92. The predicted octanol–water partition coefficient (Wildman–Crippen LogP) is 2.03. The first kappa shape index (κ1) is 8.07. The molecule has 0 N–H and O–H groups in total. The molecule has 0 aromatic heterocycles. The van der Waals surface area contributed by atoms with E-state index in [0.29, 0.717) is 12.1 Å². The molecule has 0 amide bonds. The third-order valence-electron chi connectivity index (χ3n) is 1.22. The zero-order valence-corrected chi connectivity index (χ0v) is 5.40. The maximum Gasteiger partial charge on any atom is 0.164 e. The van der Waals surface area contributed by atoms with Gasteiger partial charge >= 0.3 is 0 Å². The van der Waals surface area contributed by atoms with Gasteiger partial charge in [-0.15, -0.1) is 0 Å². The molecule has 59 valence electrons. The van der Waals surface area contributed by atoms with Gasteiger partial charge in [0.15, 0.2) is 11.6 Å². The Morgan fingerprint density at radius 2 is 1.82 bits per heavy atom. The Bertz CT molecular complexity index is 273. The van der Waals surface area contributed by atoms with Gasteiger partial charge < -0.3 is 0 Å². The first-order chi connectivity index (χ1) is 5.15. The van der Waals surface area contributed by atoms with E-state index in [-0.39, 0.29) is 0 Å². The van der Waals surface area contributed by atoms with E-state index in [9.17, 15) is 18.3 Å². The molecule has 1 rings (SSSR count). The Hall–Kier alpha value is -1.03. The van der Waals surface area contributed by atoms with Gasteiger partial charge in [-0.1, -0.05) is 0 Å². The third kappa shape index (κ3) is 1.51. The van der Waals surface area contributed by atoms with Crippen LogP contribution in [0.25, 0.3) is 0 Å². The Morgan fingerprint density at radius 1 is 1.18 bits per heavy atom. The lowest BCUT2D eigenvalue weighted by Gasteiger charge is -1.98. The molecule has 0 aliphatic carbocycles. The summed E-state index contributed by atoms with van der Waals surface area (Å²) in [7, 11) is 0. The molecule has 4 heteroatoms. The summed E-state index contributed by atoms with van der Waals surface area (Å²) in [6.45, 7) is -0.958. The summed E-state index contributed by atoms with van der Waals surface area (Å²) in [6.07, 6.45) is 0. The van der Waals surface area contributed by atoms with Crippen molar-refractivity contribution in [2.75, 3.05) is 0 Å². The highest BCUT2D eigenvalue weighted by molar-refractivity contribution is 5.19. The Kier molecular flexibility index (Phi) is 2.14. The molecule has 1 radical (unpaired) electrons. The van der Waals surface area contributed by atoms with Gasteiger partial charge in [-0.2, -0.15) is 0 Å². The van der Waals surface area contributed by atoms with Crippen molar-refractivity contribution in [1.29, 1.82) is 0 Å². The summed E-state index contributed by atoms with van der Waals surface area (Å²) >= 11 is 0. The molecule has 0 aliphatic heterocycles. The van der Waals surface area contributed by atoms with Crippen LogP contribution in [0.1, 0.15) is 5.56 Å². The molecule has 0 fully saturated rings. The molecule has 1 nitrogen and oxygen atoms in total. The quantitative estimate of drug-likeness (QED) is 0.561. The zero-order chi connectivity index (χ0) is 8.43. The third-order valence-corrected chi connectivity index (χ3v) is 1.22. The second-order valence-corrected chi connectivity index (χ2v) is 2.01. The Labute approximate surface area is 61.1 Å². The van der Waals surface area contributed by atoms with Crippen molar-refractivity contribution in [1.82, 2.24) is 0 Å². The topological polar surface area (TPSA) is 19.9 Å². The van der Waals surface area contributed by atoms with Gasteiger partial charge in [0.1, 0.15) is 12.4 Å². The zero-order valence-electron chi connectivity index (χ0n) is 5.40. The van der Waals surface area contributed by atoms with E-state index in [1.165, 1.54) is 0 Å². The van der Waals surface area contributed by atoms with Crippen LogP contribution in [0.2, 0.25) is 0 Å². The van der Waals surface area contributed by atoms with E-state index >= 15 is 0 Å². The molecular weight excluding hydrogens is 157 g/mol. The van der Waals surface area contributed by atoms with Crippen LogP contribution in [-0.4, -0.2) is 0 Å². The van der Waals surface area contributed by atoms with Crippen LogP contribution in [0.5, 0.6) is 0 Å². The summed E-state index contributed by atoms with van der Waals surface area (Å²) in [5.41, 5.74) is -0.484. The van der Waals surface area contributed by atoms with Crippen molar-refractivity contribution >= 4 is 0 Å². The van der Waals surface area contributed by atoms with Crippen LogP contribution in [0, 0.1) is 17.5 Å². The minimum Gasteiger partial charge on any atom is -0.231 e. The summed E-state index contributed by atoms with van der Waals surface area (Å²) in [6, 6.07) is 1.08. The highest BCUT2D eigenvalue weighted by Crippen LogP contribution is 2.13. The largest absolute Gasteiger partial charge is 0.231 e. The second-order valence-electron chi connectivity index (χ2n) is 2.01. The summed E-state index contributed by atoms with van der Waals surface area (Å²) in [5, 5.41) is 10.1. The SMILES string of the molecule is [O]Cc1cc(F)cc(F)c1F. The first-order valence-corrected chi connectivity index (χ1v) is 2.86. The van der Waals surface area contributed by atoms with Crippen molar-refractivity contribution in [2.24, 2.45) is 0 Å². The van der Waals surface area contributed by atoms with Gasteiger partial charge in [-0.05, 0) is 6.07 Å². The van der Waals surface area contributed by atoms with E-state index in [1.807, 2.05) is 0 Å². The molecule has 0 heterocycles. The van der Waals surface area contributed by atoms with Crippen LogP contribution in [-0.2, 0) is 11.7 Å². The van der Waals surface area contributed by atoms with Gasteiger partial charge in [0.05, 0.1) is 0 Å². The van der Waals surface area contributed by atoms with Crippen LogP contribution in [0.4, 0.5) is 13.2 Å². The first-order valence-electron chi connectivity index (χ1n) is 2.86. The van der Waals surface area contributed by atoms with Crippen LogP contribution in [0.3, 0.4) is 0 Å². The van der Waals surface area contributed by atoms with Crippen molar-refractivity contribution in [3.63, 3.8) is 0 Å². The molecule has 11 heavy (non-hydrogen) atoms. The van der Waals surface area contributed by atoms with E-state index < -0.39 is 29.6 Å². The number of hydrogen-bond acceptors (Lipinski definition) is 0. The van der Waals surface area contributed by atoms with E-state index in [1.54, 1.807) is 0 Å². The predicted molar refractivity (Wildman–Crippen MR) is 30.7 cm³/mol.